The van der Waals surface area contributed by atoms with Gasteiger partial charge in [-0.1, -0.05) is 60.7 Å². The van der Waals surface area contributed by atoms with Gasteiger partial charge in [-0.15, -0.1) is 0 Å². The van der Waals surface area contributed by atoms with E-state index in [0.29, 0.717) is 0 Å². The lowest BCUT2D eigenvalue weighted by Crippen LogP contribution is -2.42. The number of hydrogen-bond donors (Lipinski definition) is 0. The summed E-state index contributed by atoms with van der Waals surface area (Å²) in [5, 5.41) is 0. The number of hydrogen-bond acceptors (Lipinski definition) is 5. The van der Waals surface area contributed by atoms with Crippen molar-refractivity contribution in [2.24, 2.45) is 0 Å². The molecule has 6 heteroatoms. The van der Waals surface area contributed by atoms with Gasteiger partial charge >= 0.3 is 12.1 Å². The number of nitrogens with zero attached hydrogens (tertiary/aromatic N) is 1. The van der Waals surface area contributed by atoms with Crippen molar-refractivity contribution in [3.8, 4) is 0 Å². The minimum Gasteiger partial charge on any atom is -0.469 e. The molecule has 0 radical (unpaired) electrons. The van der Waals surface area contributed by atoms with Crippen molar-refractivity contribution in [2.45, 2.75) is 24.8 Å². The van der Waals surface area contributed by atoms with Crippen LogP contribution < -0.4 is 0 Å². The number of imide groups is 1. The van der Waals surface area contributed by atoms with E-state index in [1.807, 2.05) is 60.7 Å². The van der Waals surface area contributed by atoms with Crippen LogP contribution in [0.1, 0.15) is 29.9 Å². The molecular weight excluding hydrogens is 346 g/mol. The first-order valence-corrected chi connectivity index (χ1v) is 8.77. The van der Waals surface area contributed by atoms with Gasteiger partial charge in [0, 0.05) is 12.3 Å². The Balaban J connectivity index is 1.92. The van der Waals surface area contributed by atoms with Crippen LogP contribution in [0, 0.1) is 0 Å². The predicted octanol–water partition coefficient (Wildman–Crippen LogP) is 3.12. The van der Waals surface area contributed by atoms with Crippen molar-refractivity contribution < 1.29 is 23.9 Å². The molecule has 1 heterocycles. The summed E-state index contributed by atoms with van der Waals surface area (Å²) in [6, 6.07) is 18.9. The zero-order valence-electron chi connectivity index (χ0n) is 15.0. The van der Waals surface area contributed by atoms with E-state index in [1.54, 1.807) is 0 Å². The highest BCUT2D eigenvalue weighted by Crippen LogP contribution is 2.34. The highest BCUT2D eigenvalue weighted by molar-refractivity contribution is 5.95. The lowest BCUT2D eigenvalue weighted by atomic mass is 9.85. The van der Waals surface area contributed by atoms with Crippen molar-refractivity contribution in [3.05, 3.63) is 71.8 Å². The largest absolute Gasteiger partial charge is 0.469 e. The Kier molecular flexibility index (Phi) is 5.86. The maximum absolute atomic E-state index is 12.7. The minimum atomic E-state index is -0.674. The zero-order valence-corrected chi connectivity index (χ0v) is 15.0. The Morgan fingerprint density at radius 3 is 2.11 bits per heavy atom. The van der Waals surface area contributed by atoms with Gasteiger partial charge in [0.2, 0.25) is 5.91 Å². The number of cyclic esters (lactones) is 1. The Bertz CT molecular complexity index is 766. The Hall–Kier alpha value is -3.15. The van der Waals surface area contributed by atoms with Crippen molar-refractivity contribution in [1.82, 2.24) is 4.90 Å². The van der Waals surface area contributed by atoms with E-state index in [0.717, 1.165) is 16.0 Å². The van der Waals surface area contributed by atoms with Crippen LogP contribution in [-0.2, 0) is 19.1 Å². The molecule has 2 aromatic carbocycles. The van der Waals surface area contributed by atoms with Gasteiger partial charge in [-0.2, -0.15) is 0 Å². The lowest BCUT2D eigenvalue weighted by molar-refractivity contribution is -0.143. The first-order valence-electron chi connectivity index (χ1n) is 8.77. The Morgan fingerprint density at radius 1 is 1.04 bits per heavy atom. The number of rotatable bonds is 6. The molecule has 0 bridgehead atoms. The van der Waals surface area contributed by atoms with Gasteiger partial charge < -0.3 is 9.47 Å². The van der Waals surface area contributed by atoms with Crippen molar-refractivity contribution >= 4 is 18.0 Å². The predicted molar refractivity (Wildman–Crippen MR) is 98.0 cm³/mol. The molecule has 1 fully saturated rings. The van der Waals surface area contributed by atoms with E-state index in [4.69, 9.17) is 4.74 Å². The number of amides is 2. The molecule has 0 unspecified atom stereocenters. The third-order valence-corrected chi connectivity index (χ3v) is 4.65. The van der Waals surface area contributed by atoms with Crippen LogP contribution in [0.15, 0.2) is 60.7 Å². The van der Waals surface area contributed by atoms with Crippen molar-refractivity contribution in [3.63, 3.8) is 0 Å². The van der Waals surface area contributed by atoms with Crippen molar-refractivity contribution in [1.29, 1.82) is 0 Å². The molecule has 6 nitrogen and oxygen atoms in total. The topological polar surface area (TPSA) is 72.9 Å². The maximum Gasteiger partial charge on any atom is 0.417 e. The fourth-order valence-corrected chi connectivity index (χ4v) is 3.36. The smallest absolute Gasteiger partial charge is 0.417 e. The summed E-state index contributed by atoms with van der Waals surface area (Å²) < 4.78 is 9.78. The third-order valence-electron chi connectivity index (χ3n) is 4.65. The number of esters is 1. The molecule has 0 aromatic heterocycles. The second-order valence-electron chi connectivity index (χ2n) is 6.28. The van der Waals surface area contributed by atoms with Crippen LogP contribution in [0.4, 0.5) is 4.79 Å². The Labute approximate surface area is 157 Å². The average Bonchev–Trinajstić information content (AvgIpc) is 3.09. The monoisotopic (exact) mass is 367 g/mol. The molecule has 0 N–H and O–H groups in total. The Morgan fingerprint density at radius 2 is 1.59 bits per heavy atom. The average molecular weight is 367 g/mol. The highest BCUT2D eigenvalue weighted by Gasteiger charge is 2.43. The third kappa shape index (κ3) is 4.16. The van der Waals surface area contributed by atoms with E-state index in [2.05, 4.69) is 4.74 Å². The number of carbonyl (C=O) groups is 3. The number of methoxy groups -OCH3 is 1. The molecule has 27 heavy (non-hydrogen) atoms. The standard InChI is InChI=1S/C21H21NO5/c1-26-19(24)13-12-18(23)22-17(14-27-21(22)25)20(15-8-4-2-5-9-15)16-10-6-3-7-11-16/h2-11,17,20H,12-14H2,1H3/t17-/m0/s1. The molecular formula is C21H21NO5. The molecule has 0 spiro atoms. The molecule has 2 aromatic rings. The second-order valence-corrected chi connectivity index (χ2v) is 6.28. The van der Waals surface area contributed by atoms with Crippen LogP contribution in [0.5, 0.6) is 0 Å². The summed E-state index contributed by atoms with van der Waals surface area (Å²) in [5.41, 5.74) is 1.97. The molecule has 1 atom stereocenters. The second kappa shape index (κ2) is 8.49. The van der Waals surface area contributed by atoms with Gasteiger partial charge in [0.25, 0.3) is 0 Å². The molecule has 0 aliphatic carbocycles. The van der Waals surface area contributed by atoms with Gasteiger partial charge in [0.15, 0.2) is 0 Å². The van der Waals surface area contributed by atoms with E-state index in [-0.39, 0.29) is 25.4 Å². The summed E-state index contributed by atoms with van der Waals surface area (Å²) in [5.74, 6) is -1.15. The van der Waals surface area contributed by atoms with Crippen molar-refractivity contribution in [2.75, 3.05) is 13.7 Å². The summed E-state index contributed by atoms with van der Waals surface area (Å²) in [6.45, 7) is 0.108. The molecule has 0 saturated carbocycles. The first kappa shape index (κ1) is 18.6. The normalized spacial score (nSPS) is 16.3. The van der Waals surface area contributed by atoms with Gasteiger partial charge in [0.05, 0.1) is 19.6 Å². The number of benzene rings is 2. The molecule has 2 amide bonds. The van der Waals surface area contributed by atoms with E-state index >= 15 is 0 Å². The SMILES string of the molecule is COC(=O)CCC(=O)N1C(=O)OC[C@H]1C(c1ccccc1)c1ccccc1. The van der Waals surface area contributed by atoms with Gasteiger partial charge in [-0.05, 0) is 11.1 Å². The number of carbonyl (C=O) groups excluding carboxylic acids is 3. The quantitative estimate of drug-likeness (QED) is 0.734. The molecule has 1 aliphatic rings. The molecule has 1 aliphatic heterocycles. The van der Waals surface area contributed by atoms with E-state index in [1.165, 1.54) is 7.11 Å². The fraction of sp³-hybridized carbons (Fsp3) is 0.286. The van der Waals surface area contributed by atoms with Crippen LogP contribution in [0.3, 0.4) is 0 Å². The number of ether oxygens (including phenoxy) is 2. The fourth-order valence-electron chi connectivity index (χ4n) is 3.36. The minimum absolute atomic E-state index is 0.0762. The molecule has 1 saturated heterocycles. The van der Waals surface area contributed by atoms with Gasteiger partial charge in [-0.25, -0.2) is 9.69 Å². The molecule has 3 rings (SSSR count). The summed E-state index contributed by atoms with van der Waals surface area (Å²) in [7, 11) is 1.26. The maximum atomic E-state index is 12.7. The van der Waals surface area contributed by atoms with Crippen LogP contribution in [-0.4, -0.2) is 42.6 Å². The van der Waals surface area contributed by atoms with E-state index < -0.39 is 24.0 Å². The molecule has 140 valence electrons. The van der Waals surface area contributed by atoms with Crippen LogP contribution >= 0.6 is 0 Å². The van der Waals surface area contributed by atoms with Gasteiger partial charge in [0.1, 0.15) is 6.61 Å². The first-order chi connectivity index (χ1) is 13.1. The highest BCUT2D eigenvalue weighted by atomic mass is 16.6. The summed E-state index contributed by atoms with van der Waals surface area (Å²) >= 11 is 0. The van der Waals surface area contributed by atoms with Crippen LogP contribution in [0.2, 0.25) is 0 Å². The summed E-state index contributed by atoms with van der Waals surface area (Å²) in [6.07, 6.45) is -0.853. The lowest BCUT2D eigenvalue weighted by Gasteiger charge is -2.28. The zero-order chi connectivity index (χ0) is 19.2. The van der Waals surface area contributed by atoms with E-state index in [9.17, 15) is 14.4 Å². The van der Waals surface area contributed by atoms with Gasteiger partial charge in [-0.3, -0.25) is 9.59 Å². The summed E-state index contributed by atoms with van der Waals surface area (Å²) in [4.78, 5) is 37.5. The van der Waals surface area contributed by atoms with Crippen LogP contribution in [0.25, 0.3) is 0 Å².